The second-order valence-electron chi connectivity index (χ2n) is 6.32. The molecule has 1 fully saturated rings. The Morgan fingerprint density at radius 3 is 2.29 bits per heavy atom. The Kier molecular flexibility index (Phi) is 5.85. The van der Waals surface area contributed by atoms with Crippen LogP contribution in [0.15, 0.2) is 82.6 Å². The molecule has 0 N–H and O–H groups in total. The van der Waals surface area contributed by atoms with Gasteiger partial charge in [-0.1, -0.05) is 42.1 Å². The van der Waals surface area contributed by atoms with Crippen LogP contribution in [0.3, 0.4) is 0 Å². The molecule has 144 valence electrons. The van der Waals surface area contributed by atoms with Crippen LogP contribution in [0.5, 0.6) is 11.5 Å². The third-order valence-electron chi connectivity index (χ3n) is 4.67. The number of benzene rings is 3. The number of ether oxygens (including phenoxy) is 3. The van der Waals surface area contributed by atoms with Crippen LogP contribution in [-0.2, 0) is 9.67 Å². The Balaban J connectivity index is 1.68. The van der Waals surface area contributed by atoms with Crippen molar-refractivity contribution >= 4 is 23.5 Å². The number of thioether (sulfide) groups is 1. The lowest BCUT2D eigenvalue weighted by molar-refractivity contribution is 0.0787. The van der Waals surface area contributed by atoms with E-state index in [2.05, 4.69) is 48.5 Å². The highest BCUT2D eigenvalue weighted by Crippen LogP contribution is 2.51. The number of rotatable bonds is 6. The van der Waals surface area contributed by atoms with Gasteiger partial charge in [-0.2, -0.15) is 0 Å². The Hall–Kier alpha value is -2.08. The van der Waals surface area contributed by atoms with E-state index in [0.29, 0.717) is 6.61 Å². The Morgan fingerprint density at radius 1 is 0.893 bits per heavy atom. The fraction of sp³-hybridized carbons (Fsp3) is 0.217. The van der Waals surface area contributed by atoms with Crippen molar-refractivity contribution in [3.63, 3.8) is 0 Å². The predicted molar refractivity (Wildman–Crippen MR) is 116 cm³/mol. The summed E-state index contributed by atoms with van der Waals surface area (Å²) >= 11 is 3.56. The van der Waals surface area contributed by atoms with Gasteiger partial charge in [-0.25, -0.2) is 0 Å². The van der Waals surface area contributed by atoms with E-state index in [1.54, 1.807) is 37.7 Å². The topological polar surface area (TPSA) is 27.7 Å². The third kappa shape index (κ3) is 3.75. The van der Waals surface area contributed by atoms with Crippen molar-refractivity contribution in [1.82, 2.24) is 0 Å². The van der Waals surface area contributed by atoms with Crippen LogP contribution >= 0.6 is 23.5 Å². The van der Waals surface area contributed by atoms with Crippen molar-refractivity contribution in [3.8, 4) is 11.5 Å². The summed E-state index contributed by atoms with van der Waals surface area (Å²) in [5.41, 5.74) is 2.14. The lowest BCUT2D eigenvalue weighted by Gasteiger charge is -2.30. The lowest BCUT2D eigenvalue weighted by Crippen LogP contribution is -2.24. The van der Waals surface area contributed by atoms with Crippen LogP contribution in [-0.4, -0.2) is 26.6 Å². The average Bonchev–Trinajstić information content (AvgIpc) is 3.25. The van der Waals surface area contributed by atoms with Crippen molar-refractivity contribution in [2.24, 2.45) is 0 Å². The van der Waals surface area contributed by atoms with Gasteiger partial charge in [-0.3, -0.25) is 0 Å². The maximum absolute atomic E-state index is 6.32. The molecule has 0 aromatic heterocycles. The zero-order chi connectivity index (χ0) is 19.4. The van der Waals surface area contributed by atoms with E-state index in [4.69, 9.17) is 14.2 Å². The quantitative estimate of drug-likeness (QED) is 0.510. The molecule has 0 saturated carbocycles. The second kappa shape index (κ2) is 8.52. The van der Waals surface area contributed by atoms with Gasteiger partial charge in [-0.05, 0) is 42.0 Å². The zero-order valence-corrected chi connectivity index (χ0v) is 17.5. The predicted octanol–water partition coefficient (Wildman–Crippen LogP) is 5.82. The molecule has 0 aliphatic carbocycles. The number of hydrogen-bond donors (Lipinski definition) is 0. The van der Waals surface area contributed by atoms with Crippen molar-refractivity contribution in [2.45, 2.75) is 14.7 Å². The van der Waals surface area contributed by atoms with Crippen molar-refractivity contribution in [1.29, 1.82) is 0 Å². The summed E-state index contributed by atoms with van der Waals surface area (Å²) in [4.78, 5) is 1.87. The van der Waals surface area contributed by atoms with Crippen molar-refractivity contribution in [3.05, 3.63) is 83.9 Å². The summed E-state index contributed by atoms with van der Waals surface area (Å²) in [5.74, 6) is 2.49. The molecular weight excluding hydrogens is 388 g/mol. The van der Waals surface area contributed by atoms with Crippen LogP contribution in [0, 0.1) is 0 Å². The maximum atomic E-state index is 6.32. The van der Waals surface area contributed by atoms with Crippen LogP contribution in [0.2, 0.25) is 0 Å². The van der Waals surface area contributed by atoms with Gasteiger partial charge in [0.2, 0.25) is 0 Å². The largest absolute Gasteiger partial charge is 0.497 e. The summed E-state index contributed by atoms with van der Waals surface area (Å²) in [6.07, 6.45) is 0. The van der Waals surface area contributed by atoms with E-state index in [0.717, 1.165) is 28.4 Å². The molecule has 0 radical (unpaired) electrons. The molecule has 3 aromatic carbocycles. The molecule has 0 spiro atoms. The second-order valence-corrected chi connectivity index (χ2v) is 8.74. The first kappa shape index (κ1) is 19.2. The molecule has 5 heteroatoms. The van der Waals surface area contributed by atoms with Crippen molar-refractivity contribution in [2.75, 3.05) is 26.6 Å². The fourth-order valence-electron chi connectivity index (χ4n) is 3.33. The van der Waals surface area contributed by atoms with Gasteiger partial charge in [0.15, 0.2) is 4.93 Å². The monoisotopic (exact) mass is 410 g/mol. The molecule has 28 heavy (non-hydrogen) atoms. The molecule has 1 aliphatic heterocycles. The standard InChI is InChI=1S/C23H22O3S2/c1-24-18-10-13-21(22(16-18)25-2)23(26-14-15-27-23)17-8-11-20(12-9-17)28-19-6-4-3-5-7-19/h3-13,16H,14-15H2,1-2H3. The molecule has 0 amide bonds. The highest BCUT2D eigenvalue weighted by Gasteiger charge is 2.42. The highest BCUT2D eigenvalue weighted by molar-refractivity contribution is 8.00. The van der Waals surface area contributed by atoms with E-state index >= 15 is 0 Å². The first-order chi connectivity index (χ1) is 13.7. The summed E-state index contributed by atoms with van der Waals surface area (Å²) in [6, 6.07) is 25.0. The van der Waals surface area contributed by atoms with Gasteiger partial charge in [0.05, 0.1) is 20.8 Å². The SMILES string of the molecule is COc1ccc(C2(c3ccc(Sc4ccccc4)cc3)OCCS2)c(OC)c1. The molecule has 1 saturated heterocycles. The third-order valence-corrected chi connectivity index (χ3v) is 7.04. The van der Waals surface area contributed by atoms with Crippen LogP contribution in [0.25, 0.3) is 0 Å². The molecule has 3 nitrogen and oxygen atoms in total. The Bertz CT molecular complexity index is 920. The van der Waals surface area contributed by atoms with Gasteiger partial charge in [0, 0.05) is 27.2 Å². The smallest absolute Gasteiger partial charge is 0.168 e. The first-order valence-electron chi connectivity index (χ1n) is 9.09. The van der Waals surface area contributed by atoms with Gasteiger partial charge < -0.3 is 14.2 Å². The van der Waals surface area contributed by atoms with Gasteiger partial charge >= 0.3 is 0 Å². The zero-order valence-electron chi connectivity index (χ0n) is 15.9. The molecule has 3 aromatic rings. The molecule has 0 bridgehead atoms. The Labute approximate surface area is 174 Å². The highest BCUT2D eigenvalue weighted by atomic mass is 32.2. The van der Waals surface area contributed by atoms with Crippen molar-refractivity contribution < 1.29 is 14.2 Å². The summed E-state index contributed by atoms with van der Waals surface area (Å²) in [7, 11) is 3.35. The average molecular weight is 411 g/mol. The molecular formula is C23H22O3S2. The number of methoxy groups -OCH3 is 2. The van der Waals surface area contributed by atoms with Gasteiger partial charge in [-0.15, -0.1) is 11.8 Å². The number of hydrogen-bond acceptors (Lipinski definition) is 5. The molecule has 1 unspecified atom stereocenters. The normalized spacial score (nSPS) is 18.8. The maximum Gasteiger partial charge on any atom is 0.168 e. The lowest BCUT2D eigenvalue weighted by atomic mass is 9.99. The summed E-state index contributed by atoms with van der Waals surface area (Å²) in [5, 5.41) is 0. The molecule has 1 aliphatic rings. The molecule has 1 heterocycles. The van der Waals surface area contributed by atoms with E-state index in [9.17, 15) is 0 Å². The van der Waals surface area contributed by atoms with E-state index in [-0.39, 0.29) is 0 Å². The molecule has 4 rings (SSSR count). The van der Waals surface area contributed by atoms with E-state index in [1.807, 2.05) is 24.3 Å². The minimum atomic E-state index is -0.562. The van der Waals surface area contributed by atoms with Gasteiger partial charge in [0.25, 0.3) is 0 Å². The van der Waals surface area contributed by atoms with Crippen LogP contribution in [0.1, 0.15) is 11.1 Å². The molecule has 1 atom stereocenters. The minimum absolute atomic E-state index is 0.562. The summed E-state index contributed by atoms with van der Waals surface area (Å²) in [6.45, 7) is 0.709. The Morgan fingerprint density at radius 2 is 1.64 bits per heavy atom. The first-order valence-corrected chi connectivity index (χ1v) is 10.9. The summed E-state index contributed by atoms with van der Waals surface area (Å²) < 4.78 is 17.3. The van der Waals surface area contributed by atoms with E-state index in [1.165, 1.54) is 9.79 Å². The van der Waals surface area contributed by atoms with E-state index < -0.39 is 4.93 Å². The van der Waals surface area contributed by atoms with Gasteiger partial charge in [0.1, 0.15) is 11.5 Å². The van der Waals surface area contributed by atoms with Crippen LogP contribution < -0.4 is 9.47 Å². The minimum Gasteiger partial charge on any atom is -0.497 e. The van der Waals surface area contributed by atoms with Crippen LogP contribution in [0.4, 0.5) is 0 Å². The fourth-order valence-corrected chi connectivity index (χ4v) is 5.41.